The number of pyridine rings is 1. The number of aromatic nitrogens is 4. The van der Waals surface area contributed by atoms with Gasteiger partial charge in [0.2, 0.25) is 12.7 Å². The second-order valence-corrected chi connectivity index (χ2v) is 6.17. The lowest BCUT2D eigenvalue weighted by molar-refractivity contribution is 0.174. The molecule has 3 aromatic heterocycles. The molecule has 0 saturated heterocycles. The molecule has 0 aliphatic carbocycles. The summed E-state index contributed by atoms with van der Waals surface area (Å²) in [5.74, 6) is 2.78. The van der Waals surface area contributed by atoms with Crippen molar-refractivity contribution in [1.82, 2.24) is 19.4 Å². The van der Waals surface area contributed by atoms with Crippen molar-refractivity contribution in [3.63, 3.8) is 0 Å². The van der Waals surface area contributed by atoms with Gasteiger partial charge in [-0.2, -0.15) is 4.98 Å². The van der Waals surface area contributed by atoms with Gasteiger partial charge >= 0.3 is 0 Å². The first-order valence-corrected chi connectivity index (χ1v) is 8.26. The summed E-state index contributed by atoms with van der Waals surface area (Å²) in [6, 6.07) is 9.54. The predicted molar refractivity (Wildman–Crippen MR) is 95.9 cm³/mol. The third-order valence-electron chi connectivity index (χ3n) is 4.56. The molecule has 1 aliphatic rings. The van der Waals surface area contributed by atoms with Gasteiger partial charge in [-0.25, -0.2) is 9.97 Å². The van der Waals surface area contributed by atoms with Gasteiger partial charge in [0.1, 0.15) is 11.3 Å². The quantitative estimate of drug-likeness (QED) is 0.553. The highest BCUT2D eigenvalue weighted by Crippen LogP contribution is 2.37. The molecule has 0 atom stereocenters. The van der Waals surface area contributed by atoms with Gasteiger partial charge < -0.3 is 14.2 Å². The molecule has 7 nitrogen and oxygen atoms in total. The summed E-state index contributed by atoms with van der Waals surface area (Å²) in [7, 11) is 1.60. The lowest BCUT2D eigenvalue weighted by Crippen LogP contribution is -2.00. The van der Waals surface area contributed by atoms with Gasteiger partial charge in [0.25, 0.3) is 0 Å². The Morgan fingerprint density at radius 3 is 2.62 bits per heavy atom. The second kappa shape index (κ2) is 5.32. The number of hydrogen-bond donors (Lipinski definition) is 0. The number of aryl methyl sites for hydroxylation is 2. The predicted octanol–water partition coefficient (Wildman–Crippen LogP) is 3.30. The number of rotatable bonds is 2. The fourth-order valence-electron chi connectivity index (χ4n) is 3.41. The molecular formula is C19H16N4O3. The molecule has 1 aromatic carbocycles. The van der Waals surface area contributed by atoms with Crippen molar-refractivity contribution < 1.29 is 14.2 Å². The number of methoxy groups -OCH3 is 1. The van der Waals surface area contributed by atoms with Crippen LogP contribution in [0.5, 0.6) is 17.4 Å². The van der Waals surface area contributed by atoms with E-state index in [9.17, 15) is 0 Å². The molecule has 0 saturated carbocycles. The van der Waals surface area contributed by atoms with Crippen molar-refractivity contribution in [2.75, 3.05) is 13.9 Å². The van der Waals surface area contributed by atoms with Crippen LogP contribution < -0.4 is 14.2 Å². The molecule has 1 aliphatic heterocycles. The Balaban J connectivity index is 1.88. The smallest absolute Gasteiger partial charge is 0.231 e. The molecule has 130 valence electrons. The van der Waals surface area contributed by atoms with Crippen LogP contribution in [0.3, 0.4) is 0 Å². The molecule has 0 bridgehead atoms. The number of hydrogen-bond acceptors (Lipinski definition) is 6. The Bertz CT molecular complexity index is 1180. The summed E-state index contributed by atoms with van der Waals surface area (Å²) in [4.78, 5) is 14.1. The van der Waals surface area contributed by atoms with E-state index in [1.807, 2.05) is 48.6 Å². The minimum absolute atomic E-state index is 0.241. The van der Waals surface area contributed by atoms with Gasteiger partial charge in [-0.3, -0.25) is 4.40 Å². The topological polar surface area (TPSA) is 70.8 Å². The van der Waals surface area contributed by atoms with Crippen molar-refractivity contribution in [2.24, 2.45) is 0 Å². The van der Waals surface area contributed by atoms with Crippen LogP contribution in [0.1, 0.15) is 11.4 Å². The third kappa shape index (κ3) is 2.03. The molecule has 0 unspecified atom stereocenters. The fraction of sp³-hybridized carbons (Fsp3) is 0.211. The second-order valence-electron chi connectivity index (χ2n) is 6.17. The van der Waals surface area contributed by atoms with E-state index >= 15 is 0 Å². The first-order chi connectivity index (χ1) is 12.7. The normalized spacial score (nSPS) is 12.9. The first kappa shape index (κ1) is 14.9. The van der Waals surface area contributed by atoms with E-state index in [0.717, 1.165) is 45.3 Å². The van der Waals surface area contributed by atoms with Crippen molar-refractivity contribution in [2.45, 2.75) is 13.8 Å². The minimum atomic E-state index is 0.241. The zero-order valence-electron chi connectivity index (χ0n) is 14.6. The van der Waals surface area contributed by atoms with E-state index in [1.54, 1.807) is 7.11 Å². The lowest BCUT2D eigenvalue weighted by atomic mass is 10.2. The van der Waals surface area contributed by atoms with E-state index in [4.69, 9.17) is 19.2 Å². The van der Waals surface area contributed by atoms with Crippen LogP contribution in [0.4, 0.5) is 0 Å². The Morgan fingerprint density at radius 1 is 0.962 bits per heavy atom. The van der Waals surface area contributed by atoms with Crippen LogP contribution >= 0.6 is 0 Å². The number of fused-ring (bicyclic) bond motifs is 4. The molecular weight excluding hydrogens is 332 g/mol. The van der Waals surface area contributed by atoms with Crippen molar-refractivity contribution in [1.29, 1.82) is 0 Å². The Kier molecular flexibility index (Phi) is 3.06. The molecule has 0 fully saturated rings. The van der Waals surface area contributed by atoms with Crippen molar-refractivity contribution >= 4 is 16.7 Å². The van der Waals surface area contributed by atoms with Crippen LogP contribution in [0.25, 0.3) is 28.1 Å². The number of ether oxygens (including phenoxy) is 3. The average molecular weight is 348 g/mol. The maximum atomic E-state index is 5.52. The number of benzene rings is 1. The number of nitrogens with zero attached hydrogens (tertiary/aromatic N) is 4. The van der Waals surface area contributed by atoms with Crippen LogP contribution in [0, 0.1) is 13.8 Å². The van der Waals surface area contributed by atoms with Gasteiger partial charge in [0.15, 0.2) is 17.1 Å². The zero-order chi connectivity index (χ0) is 17.8. The van der Waals surface area contributed by atoms with Crippen LogP contribution in [0.2, 0.25) is 0 Å². The van der Waals surface area contributed by atoms with Crippen LogP contribution in [0.15, 0.2) is 30.3 Å². The van der Waals surface area contributed by atoms with E-state index in [1.165, 1.54) is 0 Å². The molecule has 7 heteroatoms. The molecule has 0 radical (unpaired) electrons. The molecule has 4 aromatic rings. The molecule has 0 spiro atoms. The summed E-state index contributed by atoms with van der Waals surface area (Å²) in [5, 5.41) is 0. The van der Waals surface area contributed by atoms with Gasteiger partial charge in [-0.15, -0.1) is 0 Å². The van der Waals surface area contributed by atoms with Crippen molar-refractivity contribution in [3.05, 3.63) is 41.7 Å². The highest BCUT2D eigenvalue weighted by atomic mass is 16.7. The maximum absolute atomic E-state index is 5.52. The van der Waals surface area contributed by atoms with E-state index in [-0.39, 0.29) is 6.79 Å². The monoisotopic (exact) mass is 348 g/mol. The minimum Gasteiger partial charge on any atom is -0.481 e. The highest BCUT2D eigenvalue weighted by Gasteiger charge is 2.20. The molecule has 4 heterocycles. The first-order valence-electron chi connectivity index (χ1n) is 8.26. The molecule has 26 heavy (non-hydrogen) atoms. The number of imidazole rings is 1. The van der Waals surface area contributed by atoms with E-state index in [0.29, 0.717) is 11.5 Å². The summed E-state index contributed by atoms with van der Waals surface area (Å²) in [6.45, 7) is 4.20. The van der Waals surface area contributed by atoms with E-state index in [2.05, 4.69) is 9.97 Å². The standard InChI is InChI=1S/C19H16N4O3/c1-10-17-11(2)21-18(12-4-6-14-15(8-12)26-9-25-14)23(17)19-13(20-10)5-7-16(22-19)24-3/h4-8H,9H2,1-3H3. The molecule has 0 amide bonds. The average Bonchev–Trinajstić information content (AvgIpc) is 3.25. The fourth-order valence-corrected chi connectivity index (χ4v) is 3.41. The zero-order valence-corrected chi connectivity index (χ0v) is 14.6. The summed E-state index contributed by atoms with van der Waals surface area (Å²) < 4.78 is 18.3. The van der Waals surface area contributed by atoms with Gasteiger partial charge in [-0.1, -0.05) is 0 Å². The van der Waals surface area contributed by atoms with Crippen molar-refractivity contribution in [3.8, 4) is 28.8 Å². The van der Waals surface area contributed by atoms with Gasteiger partial charge in [0, 0.05) is 11.6 Å². The highest BCUT2D eigenvalue weighted by molar-refractivity contribution is 5.81. The van der Waals surface area contributed by atoms with Gasteiger partial charge in [-0.05, 0) is 38.1 Å². The van der Waals surface area contributed by atoms with Gasteiger partial charge in [0.05, 0.1) is 24.0 Å². The summed E-state index contributed by atoms with van der Waals surface area (Å²) in [6.07, 6.45) is 0. The SMILES string of the molecule is COc1ccc2nc(C)c3c(C)nc(-c4ccc5c(c4)OCO5)n3c2n1. The van der Waals surface area contributed by atoms with E-state index < -0.39 is 0 Å². The Morgan fingerprint density at radius 2 is 1.77 bits per heavy atom. The lowest BCUT2D eigenvalue weighted by Gasteiger charge is -2.09. The molecule has 0 N–H and O–H groups in total. The van der Waals surface area contributed by atoms with Crippen LogP contribution in [-0.4, -0.2) is 33.3 Å². The Hall–Kier alpha value is -3.35. The largest absolute Gasteiger partial charge is 0.481 e. The summed E-state index contributed by atoms with van der Waals surface area (Å²) in [5.41, 5.74) is 5.17. The Labute approximate surface area is 149 Å². The maximum Gasteiger partial charge on any atom is 0.231 e. The third-order valence-corrected chi connectivity index (χ3v) is 4.56. The molecule has 5 rings (SSSR count). The van der Waals surface area contributed by atoms with Crippen LogP contribution in [-0.2, 0) is 0 Å². The summed E-state index contributed by atoms with van der Waals surface area (Å²) >= 11 is 0.